The first-order chi connectivity index (χ1) is 10.5. The van der Waals surface area contributed by atoms with Crippen LogP contribution < -0.4 is 16.6 Å². The SMILES string of the molecule is CNc1[nH]c(=O)n(C(C)C)c(=O)c1CCCc1ccccc1. The van der Waals surface area contributed by atoms with Gasteiger partial charge in [-0.3, -0.25) is 14.3 Å². The molecule has 2 aromatic rings. The topological polar surface area (TPSA) is 66.9 Å². The van der Waals surface area contributed by atoms with E-state index in [1.54, 1.807) is 7.05 Å². The maximum atomic E-state index is 12.6. The van der Waals surface area contributed by atoms with Gasteiger partial charge in [0.05, 0.1) is 5.56 Å². The average Bonchev–Trinajstić information content (AvgIpc) is 2.49. The van der Waals surface area contributed by atoms with Crippen LogP contribution in [0, 0.1) is 0 Å². The highest BCUT2D eigenvalue weighted by Gasteiger charge is 2.14. The van der Waals surface area contributed by atoms with Crippen molar-refractivity contribution in [3.05, 3.63) is 62.3 Å². The first-order valence-electron chi connectivity index (χ1n) is 7.64. The largest absolute Gasteiger partial charge is 0.374 e. The maximum absolute atomic E-state index is 12.6. The summed E-state index contributed by atoms with van der Waals surface area (Å²) in [6, 6.07) is 10.0. The molecule has 1 aromatic heterocycles. The number of aryl methyl sites for hydroxylation is 1. The molecule has 1 heterocycles. The van der Waals surface area contributed by atoms with E-state index in [0.717, 1.165) is 12.8 Å². The van der Waals surface area contributed by atoms with Crippen molar-refractivity contribution < 1.29 is 0 Å². The Kier molecular flexibility index (Phi) is 5.20. The molecule has 118 valence electrons. The summed E-state index contributed by atoms with van der Waals surface area (Å²) in [7, 11) is 1.71. The van der Waals surface area contributed by atoms with Crippen molar-refractivity contribution >= 4 is 5.82 Å². The van der Waals surface area contributed by atoms with E-state index in [-0.39, 0.29) is 17.3 Å². The van der Waals surface area contributed by atoms with Crippen LogP contribution in [0.3, 0.4) is 0 Å². The molecular weight excluding hydrogens is 278 g/mol. The number of aromatic amines is 1. The molecule has 0 spiro atoms. The molecule has 0 radical (unpaired) electrons. The number of hydrogen-bond acceptors (Lipinski definition) is 3. The van der Waals surface area contributed by atoms with Gasteiger partial charge in [0.15, 0.2) is 0 Å². The van der Waals surface area contributed by atoms with Crippen LogP contribution >= 0.6 is 0 Å². The second kappa shape index (κ2) is 7.11. The fourth-order valence-corrected chi connectivity index (χ4v) is 2.62. The van der Waals surface area contributed by atoms with E-state index < -0.39 is 0 Å². The lowest BCUT2D eigenvalue weighted by atomic mass is 10.0. The van der Waals surface area contributed by atoms with Gasteiger partial charge in [-0.05, 0) is 38.7 Å². The molecular formula is C17H23N3O2. The third-order valence-corrected chi connectivity index (χ3v) is 3.73. The zero-order valence-electron chi connectivity index (χ0n) is 13.3. The van der Waals surface area contributed by atoms with Crippen LogP contribution in [0.25, 0.3) is 0 Å². The molecule has 0 fully saturated rings. The summed E-state index contributed by atoms with van der Waals surface area (Å²) in [5, 5.41) is 2.92. The van der Waals surface area contributed by atoms with E-state index in [4.69, 9.17) is 0 Å². The third kappa shape index (κ3) is 3.47. The molecule has 0 bridgehead atoms. The molecule has 0 atom stereocenters. The van der Waals surface area contributed by atoms with E-state index in [0.29, 0.717) is 17.8 Å². The number of anilines is 1. The van der Waals surface area contributed by atoms with Crippen LogP contribution in [0.2, 0.25) is 0 Å². The third-order valence-electron chi connectivity index (χ3n) is 3.73. The maximum Gasteiger partial charge on any atom is 0.330 e. The summed E-state index contributed by atoms with van der Waals surface area (Å²) in [6.07, 6.45) is 2.40. The average molecular weight is 301 g/mol. The molecule has 0 saturated heterocycles. The molecule has 0 aliphatic carbocycles. The van der Waals surface area contributed by atoms with Gasteiger partial charge in [0.1, 0.15) is 5.82 Å². The van der Waals surface area contributed by atoms with E-state index in [2.05, 4.69) is 22.4 Å². The molecule has 0 aliphatic heterocycles. The highest BCUT2D eigenvalue weighted by Crippen LogP contribution is 2.11. The number of hydrogen-bond donors (Lipinski definition) is 2. The van der Waals surface area contributed by atoms with Crippen LogP contribution in [-0.2, 0) is 12.8 Å². The van der Waals surface area contributed by atoms with Gasteiger partial charge in [0, 0.05) is 13.1 Å². The van der Waals surface area contributed by atoms with E-state index >= 15 is 0 Å². The van der Waals surface area contributed by atoms with Crippen LogP contribution in [0.1, 0.15) is 37.4 Å². The van der Waals surface area contributed by atoms with Gasteiger partial charge in [-0.15, -0.1) is 0 Å². The highest BCUT2D eigenvalue weighted by molar-refractivity contribution is 5.41. The molecule has 2 N–H and O–H groups in total. The zero-order valence-corrected chi connectivity index (χ0v) is 13.3. The van der Waals surface area contributed by atoms with Gasteiger partial charge in [-0.25, -0.2) is 4.79 Å². The van der Waals surface area contributed by atoms with E-state index in [1.807, 2.05) is 32.0 Å². The molecule has 5 nitrogen and oxygen atoms in total. The van der Waals surface area contributed by atoms with Crippen molar-refractivity contribution in [3.8, 4) is 0 Å². The number of H-pyrrole nitrogens is 1. The van der Waals surface area contributed by atoms with Crippen LogP contribution in [0.5, 0.6) is 0 Å². The summed E-state index contributed by atoms with van der Waals surface area (Å²) in [5.41, 5.74) is 1.33. The summed E-state index contributed by atoms with van der Waals surface area (Å²) >= 11 is 0. The van der Waals surface area contributed by atoms with Crippen molar-refractivity contribution in [1.29, 1.82) is 0 Å². The lowest BCUT2D eigenvalue weighted by molar-refractivity contribution is 0.540. The van der Waals surface area contributed by atoms with Gasteiger partial charge < -0.3 is 5.32 Å². The Morgan fingerprint density at radius 3 is 2.41 bits per heavy atom. The number of aromatic nitrogens is 2. The number of nitrogens with one attached hydrogen (secondary N) is 2. The predicted octanol–water partition coefficient (Wildman–Crippen LogP) is 2.33. The predicted molar refractivity (Wildman–Crippen MR) is 89.7 cm³/mol. The second-order valence-corrected chi connectivity index (χ2v) is 5.64. The number of benzene rings is 1. The summed E-state index contributed by atoms with van der Waals surface area (Å²) < 4.78 is 1.28. The fourth-order valence-electron chi connectivity index (χ4n) is 2.62. The van der Waals surface area contributed by atoms with Crippen LogP contribution in [0.4, 0.5) is 5.82 Å². The first kappa shape index (κ1) is 16.1. The number of nitrogens with zero attached hydrogens (tertiary/aromatic N) is 1. The van der Waals surface area contributed by atoms with Gasteiger partial charge in [-0.2, -0.15) is 0 Å². The Morgan fingerprint density at radius 1 is 1.14 bits per heavy atom. The standard InChI is InChI=1S/C17H23N3O2/c1-12(2)20-16(21)14(15(18-3)19-17(20)22)11-7-10-13-8-5-4-6-9-13/h4-6,8-9,12,18H,7,10-11H2,1-3H3,(H,19,22). The summed E-state index contributed by atoms with van der Waals surface area (Å²) in [6.45, 7) is 3.67. The van der Waals surface area contributed by atoms with Crippen LogP contribution in [0.15, 0.2) is 39.9 Å². The van der Waals surface area contributed by atoms with Crippen LogP contribution in [-0.4, -0.2) is 16.6 Å². The molecule has 0 unspecified atom stereocenters. The molecule has 22 heavy (non-hydrogen) atoms. The Bertz CT molecular complexity index is 730. The van der Waals surface area contributed by atoms with Gasteiger partial charge in [-0.1, -0.05) is 30.3 Å². The number of rotatable bonds is 6. The van der Waals surface area contributed by atoms with Gasteiger partial charge in [0.25, 0.3) is 5.56 Å². The van der Waals surface area contributed by atoms with Crippen molar-refractivity contribution in [1.82, 2.24) is 9.55 Å². The summed E-state index contributed by atoms with van der Waals surface area (Å²) in [5.74, 6) is 0.528. The smallest absolute Gasteiger partial charge is 0.330 e. The molecule has 0 amide bonds. The van der Waals surface area contributed by atoms with Crippen molar-refractivity contribution in [3.63, 3.8) is 0 Å². The van der Waals surface area contributed by atoms with Crippen molar-refractivity contribution in [2.24, 2.45) is 0 Å². The monoisotopic (exact) mass is 301 g/mol. The highest BCUT2D eigenvalue weighted by atomic mass is 16.2. The van der Waals surface area contributed by atoms with E-state index in [1.165, 1.54) is 10.1 Å². The Morgan fingerprint density at radius 2 is 1.82 bits per heavy atom. The minimum atomic E-state index is -0.365. The van der Waals surface area contributed by atoms with Crippen molar-refractivity contribution in [2.75, 3.05) is 12.4 Å². The molecule has 0 aliphatic rings. The Hall–Kier alpha value is -2.30. The fraction of sp³-hybridized carbons (Fsp3) is 0.412. The zero-order chi connectivity index (χ0) is 16.1. The molecule has 1 aromatic carbocycles. The lowest BCUT2D eigenvalue weighted by Gasteiger charge is -2.14. The van der Waals surface area contributed by atoms with Crippen molar-refractivity contribution in [2.45, 2.75) is 39.2 Å². The normalized spacial score (nSPS) is 10.9. The van der Waals surface area contributed by atoms with Gasteiger partial charge >= 0.3 is 5.69 Å². The Labute approximate surface area is 130 Å². The molecule has 2 rings (SSSR count). The second-order valence-electron chi connectivity index (χ2n) is 5.64. The summed E-state index contributed by atoms with van der Waals surface area (Å²) in [4.78, 5) is 27.3. The van der Waals surface area contributed by atoms with E-state index in [9.17, 15) is 9.59 Å². The minimum Gasteiger partial charge on any atom is -0.374 e. The molecule has 5 heteroatoms. The quantitative estimate of drug-likeness (QED) is 0.860. The lowest BCUT2D eigenvalue weighted by Crippen LogP contribution is -2.39. The first-order valence-corrected chi connectivity index (χ1v) is 7.64. The van der Waals surface area contributed by atoms with Gasteiger partial charge in [0.2, 0.25) is 0 Å². The molecule has 0 saturated carbocycles. The Balaban J connectivity index is 2.24. The minimum absolute atomic E-state index is 0.157.